The van der Waals surface area contributed by atoms with E-state index in [1.54, 1.807) is 12.1 Å². The zero-order valence-electron chi connectivity index (χ0n) is 10.8. The Kier molecular flexibility index (Phi) is 3.24. The van der Waals surface area contributed by atoms with E-state index < -0.39 is 5.82 Å². The van der Waals surface area contributed by atoms with Gasteiger partial charge in [0.25, 0.3) is 0 Å². The van der Waals surface area contributed by atoms with Crippen LogP contribution in [0.2, 0.25) is 0 Å². The van der Waals surface area contributed by atoms with Crippen molar-refractivity contribution < 1.29 is 4.39 Å². The average molecular weight is 244 g/mol. The van der Waals surface area contributed by atoms with Crippen LogP contribution in [-0.2, 0) is 0 Å². The van der Waals surface area contributed by atoms with Gasteiger partial charge in [0.2, 0.25) is 0 Å². The summed E-state index contributed by atoms with van der Waals surface area (Å²) < 4.78 is 13.4. The number of halogens is 1. The summed E-state index contributed by atoms with van der Waals surface area (Å²) in [6, 6.07) is 8.92. The summed E-state index contributed by atoms with van der Waals surface area (Å²) in [7, 11) is 0. The maximum absolute atomic E-state index is 13.4. The van der Waals surface area contributed by atoms with Crippen LogP contribution in [0.15, 0.2) is 30.3 Å². The van der Waals surface area contributed by atoms with Crippen molar-refractivity contribution in [2.24, 2.45) is 0 Å². The number of nitrogens with two attached hydrogens (primary N) is 1. The van der Waals surface area contributed by atoms with E-state index in [2.05, 4.69) is 31.3 Å². The molecule has 0 amide bonds. The first kappa shape index (κ1) is 12.4. The number of rotatable bonds is 2. The topological polar surface area (TPSA) is 38.0 Å². The van der Waals surface area contributed by atoms with Crippen molar-refractivity contribution in [3.05, 3.63) is 52.8 Å². The zero-order chi connectivity index (χ0) is 13.3. The van der Waals surface area contributed by atoms with E-state index in [-0.39, 0.29) is 5.69 Å². The first-order valence-electron chi connectivity index (χ1n) is 5.88. The molecule has 3 N–H and O–H groups in total. The van der Waals surface area contributed by atoms with Crippen molar-refractivity contribution >= 4 is 17.1 Å². The summed E-state index contributed by atoms with van der Waals surface area (Å²) in [5, 5.41) is 3.18. The summed E-state index contributed by atoms with van der Waals surface area (Å²) >= 11 is 0. The fourth-order valence-electron chi connectivity index (χ4n) is 1.89. The summed E-state index contributed by atoms with van der Waals surface area (Å²) in [5.74, 6) is -0.401. The number of nitrogen functional groups attached to an aromatic ring is 1. The summed E-state index contributed by atoms with van der Waals surface area (Å²) in [5.41, 5.74) is 11.0. The molecule has 2 nitrogen and oxygen atoms in total. The Morgan fingerprint density at radius 3 is 2.33 bits per heavy atom. The van der Waals surface area contributed by atoms with Gasteiger partial charge in [0, 0.05) is 5.69 Å². The fourth-order valence-corrected chi connectivity index (χ4v) is 1.89. The van der Waals surface area contributed by atoms with Crippen LogP contribution >= 0.6 is 0 Å². The van der Waals surface area contributed by atoms with Crippen molar-refractivity contribution in [2.45, 2.75) is 20.8 Å². The Labute approximate surface area is 107 Å². The number of hydrogen-bond donors (Lipinski definition) is 2. The van der Waals surface area contributed by atoms with E-state index in [4.69, 9.17) is 5.73 Å². The van der Waals surface area contributed by atoms with Gasteiger partial charge in [-0.1, -0.05) is 12.1 Å². The van der Waals surface area contributed by atoms with E-state index in [0.717, 1.165) is 11.3 Å². The van der Waals surface area contributed by atoms with Crippen LogP contribution in [0.4, 0.5) is 21.5 Å². The Balaban J connectivity index is 2.40. The van der Waals surface area contributed by atoms with Crippen LogP contribution < -0.4 is 11.1 Å². The summed E-state index contributed by atoms with van der Waals surface area (Å²) in [6.07, 6.45) is 0. The van der Waals surface area contributed by atoms with Gasteiger partial charge in [-0.25, -0.2) is 4.39 Å². The van der Waals surface area contributed by atoms with Gasteiger partial charge in [0.05, 0.1) is 11.4 Å². The molecule has 0 radical (unpaired) electrons. The van der Waals surface area contributed by atoms with Crippen molar-refractivity contribution in [1.82, 2.24) is 0 Å². The van der Waals surface area contributed by atoms with Crippen molar-refractivity contribution in [3.8, 4) is 0 Å². The Bertz CT molecular complexity index is 591. The maximum Gasteiger partial charge on any atom is 0.148 e. The SMILES string of the molecule is Cc1cc(C)c(Nc2cccc(F)c2N)cc1C. The molecule has 94 valence electrons. The normalized spacial score (nSPS) is 10.4. The number of benzene rings is 2. The molecule has 0 bridgehead atoms. The van der Waals surface area contributed by atoms with E-state index >= 15 is 0 Å². The van der Waals surface area contributed by atoms with Gasteiger partial charge in [0.15, 0.2) is 0 Å². The molecule has 0 aliphatic heterocycles. The average Bonchev–Trinajstić information content (AvgIpc) is 2.32. The monoisotopic (exact) mass is 244 g/mol. The molecule has 0 aliphatic rings. The number of nitrogens with one attached hydrogen (secondary N) is 1. The van der Waals surface area contributed by atoms with Crippen LogP contribution in [-0.4, -0.2) is 0 Å². The van der Waals surface area contributed by atoms with Gasteiger partial charge in [-0.15, -0.1) is 0 Å². The fraction of sp³-hybridized carbons (Fsp3) is 0.200. The van der Waals surface area contributed by atoms with Gasteiger partial charge < -0.3 is 11.1 Å². The minimum absolute atomic E-state index is 0.148. The molecule has 2 rings (SSSR count). The van der Waals surface area contributed by atoms with Crippen LogP contribution in [0.5, 0.6) is 0 Å². The molecular weight excluding hydrogens is 227 g/mol. The van der Waals surface area contributed by atoms with Crippen LogP contribution in [0.3, 0.4) is 0 Å². The minimum Gasteiger partial charge on any atom is -0.395 e. The summed E-state index contributed by atoms with van der Waals surface area (Å²) in [6.45, 7) is 6.14. The minimum atomic E-state index is -0.401. The highest BCUT2D eigenvalue weighted by Crippen LogP contribution is 2.28. The Morgan fingerprint density at radius 1 is 0.944 bits per heavy atom. The molecular formula is C15H17FN2. The second-order valence-electron chi connectivity index (χ2n) is 4.58. The van der Waals surface area contributed by atoms with E-state index in [9.17, 15) is 4.39 Å². The molecule has 0 heterocycles. The molecule has 0 aliphatic carbocycles. The van der Waals surface area contributed by atoms with Crippen molar-refractivity contribution in [2.75, 3.05) is 11.1 Å². The summed E-state index contributed by atoms with van der Waals surface area (Å²) in [4.78, 5) is 0. The lowest BCUT2D eigenvalue weighted by molar-refractivity contribution is 0.633. The lowest BCUT2D eigenvalue weighted by Gasteiger charge is -2.14. The third-order valence-corrected chi connectivity index (χ3v) is 3.16. The lowest BCUT2D eigenvalue weighted by Crippen LogP contribution is -2.00. The Morgan fingerprint density at radius 2 is 1.61 bits per heavy atom. The van der Waals surface area contributed by atoms with Gasteiger partial charge >= 0.3 is 0 Å². The van der Waals surface area contributed by atoms with E-state index in [1.165, 1.54) is 17.2 Å². The zero-order valence-corrected chi connectivity index (χ0v) is 10.8. The molecule has 0 fully saturated rings. The standard InChI is InChI=1S/C15H17FN2/c1-9-7-11(3)14(8-10(9)2)18-13-6-4-5-12(16)15(13)17/h4-8,18H,17H2,1-3H3. The molecule has 18 heavy (non-hydrogen) atoms. The molecule has 2 aromatic rings. The predicted molar refractivity (Wildman–Crippen MR) is 74.7 cm³/mol. The lowest BCUT2D eigenvalue weighted by atomic mass is 10.0. The molecule has 0 unspecified atom stereocenters. The van der Waals surface area contributed by atoms with Crippen molar-refractivity contribution in [1.29, 1.82) is 0 Å². The molecule has 0 aromatic heterocycles. The largest absolute Gasteiger partial charge is 0.395 e. The highest BCUT2D eigenvalue weighted by molar-refractivity contribution is 5.74. The number of anilines is 3. The van der Waals surface area contributed by atoms with Crippen LogP contribution in [0, 0.1) is 26.6 Å². The van der Waals surface area contributed by atoms with Gasteiger partial charge in [-0.3, -0.25) is 0 Å². The molecule has 0 saturated carbocycles. The van der Waals surface area contributed by atoms with Crippen molar-refractivity contribution in [3.63, 3.8) is 0 Å². The highest BCUT2D eigenvalue weighted by Gasteiger charge is 2.07. The molecule has 2 aromatic carbocycles. The molecule has 0 atom stereocenters. The van der Waals surface area contributed by atoms with E-state index in [0.29, 0.717) is 5.69 Å². The van der Waals surface area contributed by atoms with Gasteiger partial charge in [-0.2, -0.15) is 0 Å². The highest BCUT2D eigenvalue weighted by atomic mass is 19.1. The van der Waals surface area contributed by atoms with Gasteiger partial charge in [0.1, 0.15) is 5.82 Å². The molecule has 0 spiro atoms. The van der Waals surface area contributed by atoms with E-state index in [1.807, 2.05) is 6.92 Å². The molecule has 0 saturated heterocycles. The van der Waals surface area contributed by atoms with Gasteiger partial charge in [-0.05, 0) is 55.7 Å². The number of para-hydroxylation sites is 1. The van der Waals surface area contributed by atoms with Crippen LogP contribution in [0.1, 0.15) is 16.7 Å². The quantitative estimate of drug-likeness (QED) is 0.781. The maximum atomic E-state index is 13.4. The third kappa shape index (κ3) is 2.30. The second-order valence-corrected chi connectivity index (χ2v) is 4.58. The smallest absolute Gasteiger partial charge is 0.148 e. The number of aryl methyl sites for hydroxylation is 3. The second kappa shape index (κ2) is 4.69. The first-order valence-corrected chi connectivity index (χ1v) is 5.88. The number of hydrogen-bond acceptors (Lipinski definition) is 2. The molecule has 3 heteroatoms. The van der Waals surface area contributed by atoms with Crippen LogP contribution in [0.25, 0.3) is 0 Å². The Hall–Kier alpha value is -2.03. The first-order chi connectivity index (χ1) is 8.49. The third-order valence-electron chi connectivity index (χ3n) is 3.16. The predicted octanol–water partition coefficient (Wildman–Crippen LogP) is 4.08.